The molecule has 1 atom stereocenters. The van der Waals surface area contributed by atoms with Crippen LogP contribution in [0.4, 0.5) is 0 Å². The van der Waals surface area contributed by atoms with Crippen molar-refractivity contribution in [1.82, 2.24) is 15.5 Å². The average Bonchev–Trinajstić information content (AvgIpc) is 2.96. The molecule has 0 unspecified atom stereocenters. The molecule has 10 heteroatoms. The zero-order chi connectivity index (χ0) is 27.9. The Morgan fingerprint density at radius 3 is 2.38 bits per heavy atom. The lowest BCUT2D eigenvalue weighted by molar-refractivity contribution is -0.137. The smallest absolute Gasteiger partial charge is 0.249 e. The van der Waals surface area contributed by atoms with Crippen molar-refractivity contribution in [1.29, 1.82) is 0 Å². The number of nitrogens with zero attached hydrogens (tertiary/aromatic N) is 1. The van der Waals surface area contributed by atoms with Crippen LogP contribution in [-0.2, 0) is 20.9 Å². The van der Waals surface area contributed by atoms with Gasteiger partial charge in [-0.05, 0) is 60.6 Å². The maximum Gasteiger partial charge on any atom is 0.249 e. The van der Waals surface area contributed by atoms with Gasteiger partial charge in [-0.25, -0.2) is 0 Å². The molecule has 0 bridgehead atoms. The Morgan fingerprint density at radius 1 is 1.03 bits per heavy atom. The Labute approximate surface area is 239 Å². The number of carbonyl (C=O) groups excluding carboxylic acids is 3. The molecule has 212 valence electrons. The number of thioether (sulfide) groups is 2. The summed E-state index contributed by atoms with van der Waals surface area (Å²) in [5, 5.41) is 15.0. The van der Waals surface area contributed by atoms with Gasteiger partial charge in [0.05, 0.1) is 5.88 Å². The summed E-state index contributed by atoms with van der Waals surface area (Å²) >= 11 is 3.06. The number of rotatable bonds is 15. The monoisotopic (exact) mass is 573 g/mol. The van der Waals surface area contributed by atoms with Gasteiger partial charge in [-0.3, -0.25) is 14.4 Å². The van der Waals surface area contributed by atoms with Gasteiger partial charge in [0, 0.05) is 12.3 Å². The number of ether oxygens (including phenoxy) is 1. The number of nitrogens with one attached hydrogen (secondary N) is 2. The van der Waals surface area contributed by atoms with Crippen molar-refractivity contribution in [3.8, 4) is 11.5 Å². The second-order valence-corrected chi connectivity index (χ2v) is 11.5. The van der Waals surface area contributed by atoms with Gasteiger partial charge in [0.15, 0.2) is 0 Å². The van der Waals surface area contributed by atoms with E-state index in [1.165, 1.54) is 48.8 Å². The Bertz CT molecular complexity index is 1030. The summed E-state index contributed by atoms with van der Waals surface area (Å²) in [6, 6.07) is 16.3. The van der Waals surface area contributed by atoms with Crippen molar-refractivity contribution in [2.45, 2.75) is 44.7 Å². The molecule has 2 aromatic carbocycles. The maximum absolute atomic E-state index is 13.2. The first-order valence-electron chi connectivity index (χ1n) is 13.3. The van der Waals surface area contributed by atoms with Crippen LogP contribution in [-0.4, -0.2) is 70.6 Å². The van der Waals surface area contributed by atoms with Crippen LogP contribution in [0.3, 0.4) is 0 Å². The first-order valence-corrected chi connectivity index (χ1v) is 15.9. The van der Waals surface area contributed by atoms with Gasteiger partial charge in [-0.2, -0.15) is 11.8 Å². The van der Waals surface area contributed by atoms with Gasteiger partial charge in [0.1, 0.15) is 30.7 Å². The fraction of sp³-hybridized carbons (Fsp3) is 0.483. The quantitative estimate of drug-likeness (QED) is 0.276. The zero-order valence-electron chi connectivity index (χ0n) is 22.5. The summed E-state index contributed by atoms with van der Waals surface area (Å²) < 4.78 is 5.83. The second kappa shape index (κ2) is 17.1. The predicted molar refractivity (Wildman–Crippen MR) is 158 cm³/mol. The van der Waals surface area contributed by atoms with Gasteiger partial charge < -0.3 is 25.4 Å². The predicted octanol–water partition coefficient (Wildman–Crippen LogP) is 4.03. The molecule has 0 aliphatic heterocycles. The van der Waals surface area contributed by atoms with E-state index in [4.69, 9.17) is 4.74 Å². The average molecular weight is 574 g/mol. The normalized spacial score (nSPS) is 14.3. The van der Waals surface area contributed by atoms with Crippen molar-refractivity contribution >= 4 is 41.2 Å². The van der Waals surface area contributed by atoms with Crippen molar-refractivity contribution in [3.05, 3.63) is 60.2 Å². The minimum atomic E-state index is -0.730. The second-order valence-electron chi connectivity index (χ2n) is 9.61. The van der Waals surface area contributed by atoms with Gasteiger partial charge in [0.2, 0.25) is 17.7 Å². The molecule has 1 fully saturated rings. The summed E-state index contributed by atoms with van der Waals surface area (Å²) in [6.45, 7) is -0.559. The van der Waals surface area contributed by atoms with E-state index in [9.17, 15) is 19.5 Å². The molecule has 3 N–H and O–H groups in total. The van der Waals surface area contributed by atoms with E-state index in [1.54, 1.807) is 11.8 Å². The summed E-state index contributed by atoms with van der Waals surface area (Å²) in [6.07, 6.45) is 8.05. The van der Waals surface area contributed by atoms with Gasteiger partial charge in [0.25, 0.3) is 0 Å². The molecule has 39 heavy (non-hydrogen) atoms. The molecule has 2 aromatic rings. The first-order chi connectivity index (χ1) is 19.0. The standard InChI is InChI=1S/C29H39N3O5S2/c1-38-21-32(28(35)18-33)17-27(34)31-26(20-39-19-23-8-4-2-5-9-23)29(36)30-16-22-12-14-25(15-13-22)37-24-10-6-3-7-11-24/h3,6-7,10-15,23,26,33H,2,4-5,8-9,16-21H2,1H3,(H,30,36)(H,31,34)/t26-/m0/s1. The molecule has 1 saturated carbocycles. The SMILES string of the molecule is CSCN(CC(=O)N[C@@H](CSCC1CCCCC1)C(=O)NCc1ccc(Oc2ccccc2)cc1)C(=O)CO. The van der Waals surface area contributed by atoms with Crippen LogP contribution >= 0.6 is 23.5 Å². The highest BCUT2D eigenvalue weighted by molar-refractivity contribution is 7.99. The number of hydrogen-bond acceptors (Lipinski definition) is 7. The Kier molecular flexibility index (Phi) is 13.5. The number of amides is 3. The number of hydrogen-bond donors (Lipinski definition) is 3. The van der Waals surface area contributed by atoms with Crippen molar-refractivity contribution < 1.29 is 24.2 Å². The van der Waals surface area contributed by atoms with Crippen molar-refractivity contribution in [2.24, 2.45) is 5.92 Å². The lowest BCUT2D eigenvalue weighted by Gasteiger charge is -2.24. The Balaban J connectivity index is 1.56. The number of para-hydroxylation sites is 1. The van der Waals surface area contributed by atoms with Gasteiger partial charge in [-0.15, -0.1) is 11.8 Å². The fourth-order valence-electron chi connectivity index (χ4n) is 4.38. The summed E-state index contributed by atoms with van der Waals surface area (Å²) in [5.41, 5.74) is 0.906. The van der Waals surface area contributed by atoms with Gasteiger partial charge in [-0.1, -0.05) is 49.6 Å². The first kappa shape index (κ1) is 30.8. The number of aliphatic hydroxyl groups excluding tert-OH is 1. The van der Waals surface area contributed by atoms with Crippen LogP contribution in [0.15, 0.2) is 54.6 Å². The third kappa shape index (κ3) is 11.1. The topological polar surface area (TPSA) is 108 Å². The minimum absolute atomic E-state index is 0.208. The Morgan fingerprint density at radius 2 is 1.72 bits per heavy atom. The number of carbonyl (C=O) groups is 3. The van der Waals surface area contributed by atoms with E-state index in [2.05, 4.69) is 10.6 Å². The summed E-state index contributed by atoms with van der Waals surface area (Å²) in [7, 11) is 0. The van der Waals surface area contributed by atoms with Crippen LogP contribution in [0.5, 0.6) is 11.5 Å². The molecular formula is C29H39N3O5S2. The van der Waals surface area contributed by atoms with E-state index in [0.29, 0.717) is 24.0 Å². The molecular weight excluding hydrogens is 534 g/mol. The molecule has 0 radical (unpaired) electrons. The van der Waals surface area contributed by atoms with Crippen molar-refractivity contribution in [3.63, 3.8) is 0 Å². The molecule has 8 nitrogen and oxygen atoms in total. The van der Waals surface area contributed by atoms with E-state index in [-0.39, 0.29) is 18.3 Å². The highest BCUT2D eigenvalue weighted by Crippen LogP contribution is 2.27. The molecule has 0 spiro atoms. The molecule has 3 amide bonds. The lowest BCUT2D eigenvalue weighted by Crippen LogP contribution is -2.51. The highest BCUT2D eigenvalue weighted by atomic mass is 32.2. The molecule has 1 aliphatic rings. The third-order valence-electron chi connectivity index (χ3n) is 6.49. The molecule has 3 rings (SSSR count). The largest absolute Gasteiger partial charge is 0.457 e. The van der Waals surface area contributed by atoms with Crippen LogP contribution in [0, 0.1) is 5.92 Å². The van der Waals surface area contributed by atoms with E-state index in [1.807, 2.05) is 60.9 Å². The zero-order valence-corrected chi connectivity index (χ0v) is 24.1. The van der Waals surface area contributed by atoms with Crippen LogP contribution in [0.25, 0.3) is 0 Å². The third-order valence-corrected chi connectivity index (χ3v) is 8.34. The molecule has 0 saturated heterocycles. The van der Waals surface area contributed by atoms with Gasteiger partial charge >= 0.3 is 0 Å². The Hall–Kier alpha value is -2.69. The van der Waals surface area contributed by atoms with E-state index in [0.717, 1.165) is 17.1 Å². The van der Waals surface area contributed by atoms with Crippen molar-refractivity contribution in [2.75, 3.05) is 36.8 Å². The summed E-state index contributed by atoms with van der Waals surface area (Å²) in [4.78, 5) is 39.2. The van der Waals surface area contributed by atoms with Crippen LogP contribution < -0.4 is 15.4 Å². The van der Waals surface area contributed by atoms with Crippen LogP contribution in [0.1, 0.15) is 37.7 Å². The minimum Gasteiger partial charge on any atom is -0.457 e. The number of aliphatic hydroxyl groups is 1. The lowest BCUT2D eigenvalue weighted by atomic mass is 9.91. The fourth-order valence-corrected chi connectivity index (χ4v) is 6.20. The van der Waals surface area contributed by atoms with Crippen LogP contribution in [0.2, 0.25) is 0 Å². The molecule has 0 heterocycles. The van der Waals surface area contributed by atoms with E-state index >= 15 is 0 Å². The molecule has 1 aliphatic carbocycles. The maximum atomic E-state index is 13.2. The highest BCUT2D eigenvalue weighted by Gasteiger charge is 2.24. The number of benzene rings is 2. The molecule has 0 aromatic heterocycles. The van der Waals surface area contributed by atoms with E-state index < -0.39 is 24.5 Å². The summed E-state index contributed by atoms with van der Waals surface area (Å²) in [5.74, 6) is 2.58.